The van der Waals surface area contributed by atoms with Crippen molar-refractivity contribution in [2.24, 2.45) is 0 Å². The van der Waals surface area contributed by atoms with E-state index < -0.39 is 0 Å². The standard InChI is InChI=1S/C23H26N4O2/c1-26(17-19-9-4-2-5-10-19)16-8-15-24-22(28)18-27-23(29)14-13-21(25-27)20-11-6-3-7-12-20/h2-7,9-14H,8,15-18H2,1H3,(H,24,28)/p+1. The van der Waals surface area contributed by atoms with E-state index in [1.54, 1.807) is 6.07 Å². The number of nitrogens with one attached hydrogen (secondary N) is 2. The summed E-state index contributed by atoms with van der Waals surface area (Å²) in [5.74, 6) is -0.203. The van der Waals surface area contributed by atoms with Crippen LogP contribution in [0.1, 0.15) is 12.0 Å². The molecule has 1 aromatic heterocycles. The zero-order valence-corrected chi connectivity index (χ0v) is 16.7. The molecule has 0 aliphatic carbocycles. The van der Waals surface area contributed by atoms with E-state index in [0.717, 1.165) is 25.1 Å². The molecule has 1 unspecified atom stereocenters. The Bertz CT molecular complexity index is 971. The molecule has 0 fully saturated rings. The Balaban J connectivity index is 1.45. The molecule has 150 valence electrons. The van der Waals surface area contributed by atoms with Crippen molar-refractivity contribution in [2.45, 2.75) is 19.5 Å². The monoisotopic (exact) mass is 391 g/mol. The third-order valence-corrected chi connectivity index (χ3v) is 4.68. The maximum atomic E-state index is 12.2. The zero-order chi connectivity index (χ0) is 20.5. The Morgan fingerprint density at radius 3 is 2.41 bits per heavy atom. The molecule has 0 saturated carbocycles. The molecule has 3 rings (SSSR count). The third-order valence-electron chi connectivity index (χ3n) is 4.68. The average molecular weight is 391 g/mol. The maximum Gasteiger partial charge on any atom is 0.267 e. The number of amides is 1. The molecule has 2 aromatic carbocycles. The van der Waals surface area contributed by atoms with E-state index in [0.29, 0.717) is 12.2 Å². The number of aromatic nitrogens is 2. The fourth-order valence-corrected chi connectivity index (χ4v) is 3.17. The van der Waals surface area contributed by atoms with E-state index in [9.17, 15) is 9.59 Å². The molecule has 1 heterocycles. The second kappa shape index (κ2) is 10.3. The van der Waals surface area contributed by atoms with Gasteiger partial charge in [-0.3, -0.25) is 9.59 Å². The van der Waals surface area contributed by atoms with Gasteiger partial charge >= 0.3 is 0 Å². The predicted molar refractivity (Wildman–Crippen MR) is 113 cm³/mol. The average Bonchev–Trinajstić information content (AvgIpc) is 2.74. The molecular weight excluding hydrogens is 364 g/mol. The zero-order valence-electron chi connectivity index (χ0n) is 16.7. The van der Waals surface area contributed by atoms with Crippen molar-refractivity contribution in [2.75, 3.05) is 20.1 Å². The van der Waals surface area contributed by atoms with Crippen molar-refractivity contribution in [3.8, 4) is 11.3 Å². The molecule has 6 heteroatoms. The molecule has 6 nitrogen and oxygen atoms in total. The molecule has 0 aliphatic rings. The van der Waals surface area contributed by atoms with Gasteiger partial charge in [-0.05, 0) is 6.07 Å². The van der Waals surface area contributed by atoms with Gasteiger partial charge in [-0.25, -0.2) is 4.68 Å². The molecule has 29 heavy (non-hydrogen) atoms. The van der Waals surface area contributed by atoms with Crippen LogP contribution in [-0.2, 0) is 17.9 Å². The van der Waals surface area contributed by atoms with Crippen molar-refractivity contribution >= 4 is 5.91 Å². The molecule has 0 bridgehead atoms. The van der Waals surface area contributed by atoms with E-state index in [2.05, 4.69) is 29.6 Å². The first-order valence-electron chi connectivity index (χ1n) is 9.87. The molecule has 0 spiro atoms. The van der Waals surface area contributed by atoms with Gasteiger partial charge in [0.05, 0.1) is 19.3 Å². The van der Waals surface area contributed by atoms with Crippen molar-refractivity contribution in [1.29, 1.82) is 0 Å². The number of hydrogen-bond acceptors (Lipinski definition) is 3. The van der Waals surface area contributed by atoms with Gasteiger partial charge in [0.15, 0.2) is 0 Å². The normalized spacial score (nSPS) is 11.8. The SMILES string of the molecule is C[NH+](CCCNC(=O)Cn1nc(-c2ccccc2)ccc1=O)Cc1ccccc1. The fourth-order valence-electron chi connectivity index (χ4n) is 3.17. The minimum absolute atomic E-state index is 0.0772. The van der Waals surface area contributed by atoms with Crippen LogP contribution in [0.2, 0.25) is 0 Å². The summed E-state index contributed by atoms with van der Waals surface area (Å²) in [6.07, 6.45) is 0.872. The quantitative estimate of drug-likeness (QED) is 0.538. The lowest BCUT2D eigenvalue weighted by atomic mass is 10.1. The Labute approximate surface area is 170 Å². The van der Waals surface area contributed by atoms with Crippen LogP contribution in [0, 0.1) is 0 Å². The van der Waals surface area contributed by atoms with Crippen LogP contribution in [0.15, 0.2) is 77.6 Å². The number of carbonyl (C=O) groups is 1. The summed E-state index contributed by atoms with van der Waals surface area (Å²) in [5, 5.41) is 7.21. The smallest absolute Gasteiger partial charge is 0.267 e. The highest BCUT2D eigenvalue weighted by atomic mass is 16.2. The van der Waals surface area contributed by atoms with Gasteiger partial charge in [0.2, 0.25) is 5.91 Å². The minimum atomic E-state index is -0.285. The molecule has 2 N–H and O–H groups in total. The lowest BCUT2D eigenvalue weighted by Crippen LogP contribution is -3.07. The summed E-state index contributed by atoms with van der Waals surface area (Å²) in [6, 6.07) is 23.1. The summed E-state index contributed by atoms with van der Waals surface area (Å²) in [5.41, 5.74) is 2.60. The van der Waals surface area contributed by atoms with Crippen molar-refractivity contribution in [3.63, 3.8) is 0 Å². The molecule has 0 saturated heterocycles. The number of hydrogen-bond donors (Lipinski definition) is 2. The maximum absolute atomic E-state index is 12.2. The van der Waals surface area contributed by atoms with Crippen molar-refractivity contribution in [1.82, 2.24) is 15.1 Å². The number of benzene rings is 2. The number of quaternary nitrogens is 1. The highest BCUT2D eigenvalue weighted by Crippen LogP contribution is 2.13. The van der Waals surface area contributed by atoms with Crippen LogP contribution in [0.5, 0.6) is 0 Å². The van der Waals surface area contributed by atoms with Gasteiger partial charge in [0.1, 0.15) is 13.1 Å². The topological polar surface area (TPSA) is 68.4 Å². The number of rotatable bonds is 9. The Morgan fingerprint density at radius 2 is 1.69 bits per heavy atom. The first-order chi connectivity index (χ1) is 14.1. The molecule has 1 atom stereocenters. The third kappa shape index (κ3) is 6.40. The highest BCUT2D eigenvalue weighted by molar-refractivity contribution is 5.75. The van der Waals surface area contributed by atoms with E-state index in [4.69, 9.17) is 0 Å². The summed E-state index contributed by atoms with van der Waals surface area (Å²) in [6.45, 7) is 2.42. The van der Waals surface area contributed by atoms with Crippen LogP contribution >= 0.6 is 0 Å². The first-order valence-corrected chi connectivity index (χ1v) is 9.87. The van der Waals surface area contributed by atoms with Crippen LogP contribution in [0.4, 0.5) is 0 Å². The Morgan fingerprint density at radius 1 is 1.00 bits per heavy atom. The molecule has 1 amide bonds. The van der Waals surface area contributed by atoms with Crippen LogP contribution in [0.3, 0.4) is 0 Å². The number of carbonyl (C=O) groups excluding carboxylic acids is 1. The molecule has 3 aromatic rings. The van der Waals surface area contributed by atoms with E-state index >= 15 is 0 Å². The minimum Gasteiger partial charge on any atom is -0.354 e. The summed E-state index contributed by atoms with van der Waals surface area (Å²) < 4.78 is 1.21. The van der Waals surface area contributed by atoms with Crippen LogP contribution in [-0.4, -0.2) is 35.8 Å². The highest BCUT2D eigenvalue weighted by Gasteiger charge is 2.08. The Hall–Kier alpha value is -3.25. The lowest BCUT2D eigenvalue weighted by Gasteiger charge is -2.14. The second-order valence-electron chi connectivity index (χ2n) is 7.15. The van der Waals surface area contributed by atoms with E-state index in [-0.39, 0.29) is 18.0 Å². The van der Waals surface area contributed by atoms with Gasteiger partial charge in [-0.2, -0.15) is 5.10 Å². The van der Waals surface area contributed by atoms with Crippen LogP contribution in [0.25, 0.3) is 11.3 Å². The van der Waals surface area contributed by atoms with Crippen LogP contribution < -0.4 is 15.8 Å². The van der Waals surface area contributed by atoms with Crippen molar-refractivity contribution < 1.29 is 9.69 Å². The molecule has 0 aliphatic heterocycles. The Kier molecular flexibility index (Phi) is 7.30. The number of nitrogens with zero attached hydrogens (tertiary/aromatic N) is 2. The summed E-state index contributed by atoms with van der Waals surface area (Å²) in [7, 11) is 2.15. The largest absolute Gasteiger partial charge is 0.354 e. The van der Waals surface area contributed by atoms with E-state index in [1.165, 1.54) is 21.2 Å². The van der Waals surface area contributed by atoms with Gasteiger partial charge in [0, 0.05) is 30.2 Å². The molecular formula is C23H27N4O2+. The van der Waals surface area contributed by atoms with Gasteiger partial charge in [0.25, 0.3) is 5.56 Å². The lowest BCUT2D eigenvalue weighted by molar-refractivity contribution is -0.893. The van der Waals surface area contributed by atoms with Gasteiger partial charge in [-0.15, -0.1) is 0 Å². The predicted octanol–water partition coefficient (Wildman–Crippen LogP) is 1.13. The summed E-state index contributed by atoms with van der Waals surface area (Å²) in [4.78, 5) is 25.7. The summed E-state index contributed by atoms with van der Waals surface area (Å²) >= 11 is 0. The van der Waals surface area contributed by atoms with Crippen molar-refractivity contribution in [3.05, 3.63) is 88.7 Å². The van der Waals surface area contributed by atoms with Gasteiger partial charge < -0.3 is 10.2 Å². The molecule has 0 radical (unpaired) electrons. The van der Waals surface area contributed by atoms with E-state index in [1.807, 2.05) is 48.5 Å². The van der Waals surface area contributed by atoms with Gasteiger partial charge in [-0.1, -0.05) is 60.7 Å². The first kappa shape index (κ1) is 20.5. The second-order valence-corrected chi connectivity index (χ2v) is 7.15. The fraction of sp³-hybridized carbons (Fsp3) is 0.261.